The first-order valence-electron chi connectivity index (χ1n) is 6.84. The monoisotopic (exact) mass is 268 g/mol. The molecule has 108 valence electrons. The third-order valence-corrected chi connectivity index (χ3v) is 2.60. The van der Waals surface area contributed by atoms with Crippen molar-refractivity contribution in [3.8, 4) is 12.3 Å². The molecule has 2 atom stereocenters. The summed E-state index contributed by atoms with van der Waals surface area (Å²) in [5.74, 6) is 1.67. The molecule has 4 nitrogen and oxygen atoms in total. The van der Waals surface area contributed by atoms with E-state index in [0.29, 0.717) is 6.42 Å². The van der Waals surface area contributed by atoms with Crippen LogP contribution in [0.2, 0.25) is 0 Å². The summed E-state index contributed by atoms with van der Waals surface area (Å²) < 4.78 is 10.1. The largest absolute Gasteiger partial charge is 0.463 e. The average Bonchev–Trinajstić information content (AvgIpc) is 2.35. The zero-order valence-corrected chi connectivity index (χ0v) is 12.1. The Balaban J connectivity index is 3.68. The van der Waals surface area contributed by atoms with Gasteiger partial charge in [0.1, 0.15) is 0 Å². The molecule has 0 saturated carbocycles. The fourth-order valence-electron chi connectivity index (χ4n) is 1.50. The van der Waals surface area contributed by atoms with E-state index in [1.807, 2.05) is 6.92 Å². The fourth-order valence-corrected chi connectivity index (χ4v) is 1.50. The molecule has 0 spiro atoms. The molecule has 19 heavy (non-hydrogen) atoms. The minimum absolute atomic E-state index is 0.0548. The minimum atomic E-state index is -0.520. The van der Waals surface area contributed by atoms with Gasteiger partial charge in [0.2, 0.25) is 0 Å². The third kappa shape index (κ3) is 10.1. The quantitative estimate of drug-likeness (QED) is 0.476. The first kappa shape index (κ1) is 17.5. The highest BCUT2D eigenvalue weighted by atomic mass is 16.5. The highest BCUT2D eigenvalue weighted by Crippen LogP contribution is 2.07. The van der Waals surface area contributed by atoms with Gasteiger partial charge < -0.3 is 9.47 Å². The van der Waals surface area contributed by atoms with Gasteiger partial charge >= 0.3 is 11.9 Å². The Morgan fingerprint density at radius 2 is 1.68 bits per heavy atom. The molecule has 0 bridgehead atoms. The molecule has 2 unspecified atom stereocenters. The first-order valence-corrected chi connectivity index (χ1v) is 6.84. The topological polar surface area (TPSA) is 52.6 Å². The van der Waals surface area contributed by atoms with Crippen molar-refractivity contribution in [1.82, 2.24) is 0 Å². The Bertz CT molecular complexity index is 317. The zero-order valence-electron chi connectivity index (χ0n) is 12.1. The molecule has 0 saturated heterocycles. The van der Waals surface area contributed by atoms with Crippen LogP contribution in [0.1, 0.15) is 59.3 Å². The van der Waals surface area contributed by atoms with E-state index in [1.165, 1.54) is 0 Å². The second-order valence-electron chi connectivity index (χ2n) is 4.60. The summed E-state index contributed by atoms with van der Waals surface area (Å²) >= 11 is 0. The Kier molecular flexibility index (Phi) is 9.60. The molecule has 0 radical (unpaired) electrons. The summed E-state index contributed by atoms with van der Waals surface area (Å²) in [6, 6.07) is 0. The molecular formula is C15H24O4. The van der Waals surface area contributed by atoms with E-state index >= 15 is 0 Å². The van der Waals surface area contributed by atoms with Crippen LogP contribution in [-0.4, -0.2) is 24.1 Å². The molecular weight excluding hydrogens is 244 g/mol. The summed E-state index contributed by atoms with van der Waals surface area (Å²) in [5, 5.41) is 0. The standard InChI is InChI=1S/C15H24O4/c1-5-7-9-13(4)19-15(17)11-8-10-14(16)18-12(3)6-2/h2,12-13H,5,7-11H2,1,3-4H3. The van der Waals surface area contributed by atoms with E-state index in [9.17, 15) is 9.59 Å². The Morgan fingerprint density at radius 3 is 2.21 bits per heavy atom. The normalized spacial score (nSPS) is 13.2. The predicted molar refractivity (Wildman–Crippen MR) is 73.3 cm³/mol. The molecule has 0 aromatic heterocycles. The van der Waals surface area contributed by atoms with Crippen molar-refractivity contribution in [3.05, 3.63) is 0 Å². The third-order valence-electron chi connectivity index (χ3n) is 2.60. The van der Waals surface area contributed by atoms with Gasteiger partial charge in [-0.15, -0.1) is 6.42 Å². The highest BCUT2D eigenvalue weighted by molar-refractivity contribution is 5.72. The molecule has 0 aromatic carbocycles. The smallest absolute Gasteiger partial charge is 0.307 e. The lowest BCUT2D eigenvalue weighted by molar-refractivity contribution is -0.149. The van der Waals surface area contributed by atoms with Crippen LogP contribution in [0.3, 0.4) is 0 Å². The maximum Gasteiger partial charge on any atom is 0.307 e. The Hall–Kier alpha value is -1.50. The van der Waals surface area contributed by atoms with Gasteiger partial charge in [0.15, 0.2) is 6.10 Å². The number of ether oxygens (including phenoxy) is 2. The van der Waals surface area contributed by atoms with Crippen LogP contribution < -0.4 is 0 Å². The minimum Gasteiger partial charge on any atom is -0.463 e. The number of esters is 2. The average molecular weight is 268 g/mol. The second-order valence-corrected chi connectivity index (χ2v) is 4.60. The number of carbonyl (C=O) groups is 2. The zero-order chi connectivity index (χ0) is 14.7. The lowest BCUT2D eigenvalue weighted by Crippen LogP contribution is -2.16. The summed E-state index contributed by atoms with van der Waals surface area (Å²) in [5.41, 5.74) is 0. The van der Waals surface area contributed by atoms with Gasteiger partial charge in [-0.25, -0.2) is 0 Å². The fraction of sp³-hybridized carbons (Fsp3) is 0.733. The predicted octanol–water partition coefficient (Wildman–Crippen LogP) is 2.84. The molecule has 0 heterocycles. The van der Waals surface area contributed by atoms with Crippen LogP contribution in [-0.2, 0) is 19.1 Å². The van der Waals surface area contributed by atoms with Crippen molar-refractivity contribution in [3.63, 3.8) is 0 Å². The molecule has 0 N–H and O–H groups in total. The van der Waals surface area contributed by atoms with Crippen molar-refractivity contribution in [2.24, 2.45) is 0 Å². The number of rotatable bonds is 9. The van der Waals surface area contributed by atoms with Gasteiger partial charge in [-0.1, -0.05) is 25.7 Å². The first-order chi connectivity index (χ1) is 8.99. The highest BCUT2D eigenvalue weighted by Gasteiger charge is 2.11. The summed E-state index contributed by atoms with van der Waals surface area (Å²) in [7, 11) is 0. The van der Waals surface area contributed by atoms with Gasteiger partial charge in [-0.3, -0.25) is 9.59 Å². The van der Waals surface area contributed by atoms with Crippen molar-refractivity contribution >= 4 is 11.9 Å². The molecule has 0 rings (SSSR count). The molecule has 4 heteroatoms. The molecule has 0 fully saturated rings. The summed E-state index contributed by atoms with van der Waals surface area (Å²) in [6.07, 6.45) is 8.37. The van der Waals surface area contributed by atoms with Gasteiger partial charge in [0, 0.05) is 12.8 Å². The Morgan fingerprint density at radius 1 is 1.11 bits per heavy atom. The van der Waals surface area contributed by atoms with E-state index in [0.717, 1.165) is 19.3 Å². The van der Waals surface area contributed by atoms with E-state index in [4.69, 9.17) is 15.9 Å². The summed E-state index contributed by atoms with van der Waals surface area (Å²) in [6.45, 7) is 5.61. The number of hydrogen-bond acceptors (Lipinski definition) is 4. The lowest BCUT2D eigenvalue weighted by Gasteiger charge is -2.12. The molecule has 0 aliphatic carbocycles. The molecule has 0 amide bonds. The number of carbonyl (C=O) groups excluding carboxylic acids is 2. The Labute approximate surface area is 115 Å². The summed E-state index contributed by atoms with van der Waals surface area (Å²) in [4.78, 5) is 22.8. The SMILES string of the molecule is C#CC(C)OC(=O)CCCC(=O)OC(C)CCCC. The van der Waals surface area contributed by atoms with Crippen molar-refractivity contribution in [2.45, 2.75) is 71.5 Å². The van der Waals surface area contributed by atoms with Crippen LogP contribution in [0.15, 0.2) is 0 Å². The van der Waals surface area contributed by atoms with Gasteiger partial charge in [0.25, 0.3) is 0 Å². The van der Waals surface area contributed by atoms with Crippen LogP contribution in [0, 0.1) is 12.3 Å². The van der Waals surface area contributed by atoms with Crippen LogP contribution in [0.25, 0.3) is 0 Å². The molecule has 0 aliphatic heterocycles. The maximum atomic E-state index is 11.5. The molecule has 0 aromatic rings. The lowest BCUT2D eigenvalue weighted by atomic mass is 10.2. The van der Waals surface area contributed by atoms with E-state index in [1.54, 1.807) is 6.92 Å². The van der Waals surface area contributed by atoms with Crippen LogP contribution >= 0.6 is 0 Å². The van der Waals surface area contributed by atoms with Gasteiger partial charge in [-0.05, 0) is 26.7 Å². The van der Waals surface area contributed by atoms with Crippen LogP contribution in [0.5, 0.6) is 0 Å². The van der Waals surface area contributed by atoms with Crippen LogP contribution in [0.4, 0.5) is 0 Å². The van der Waals surface area contributed by atoms with Gasteiger partial charge in [0.05, 0.1) is 6.10 Å². The molecule has 0 aliphatic rings. The number of hydrogen-bond donors (Lipinski definition) is 0. The van der Waals surface area contributed by atoms with Crippen molar-refractivity contribution < 1.29 is 19.1 Å². The van der Waals surface area contributed by atoms with Crippen molar-refractivity contribution in [2.75, 3.05) is 0 Å². The number of unbranched alkanes of at least 4 members (excludes halogenated alkanes) is 1. The van der Waals surface area contributed by atoms with Gasteiger partial charge in [-0.2, -0.15) is 0 Å². The van der Waals surface area contributed by atoms with Crippen molar-refractivity contribution in [1.29, 1.82) is 0 Å². The maximum absolute atomic E-state index is 11.5. The van der Waals surface area contributed by atoms with E-state index < -0.39 is 6.10 Å². The van der Waals surface area contributed by atoms with E-state index in [2.05, 4.69) is 12.8 Å². The number of terminal acetylenes is 1. The van der Waals surface area contributed by atoms with E-state index in [-0.39, 0.29) is 30.9 Å². The second kappa shape index (κ2) is 10.4.